The van der Waals surface area contributed by atoms with Gasteiger partial charge in [0.05, 0.1) is 18.1 Å². The third kappa shape index (κ3) is 4.89. The Balaban J connectivity index is 1.58. The first-order valence-corrected chi connectivity index (χ1v) is 8.59. The molecule has 0 radical (unpaired) electrons. The molecule has 9 heteroatoms. The molecule has 2 aromatic carbocycles. The number of rotatable bonds is 8. The van der Waals surface area contributed by atoms with Crippen LogP contribution in [0.2, 0.25) is 0 Å². The molecule has 1 aliphatic rings. The van der Waals surface area contributed by atoms with Crippen molar-refractivity contribution in [3.63, 3.8) is 0 Å². The van der Waals surface area contributed by atoms with E-state index in [-0.39, 0.29) is 32.3 Å². The zero-order chi connectivity index (χ0) is 19.9. The second-order valence-electron chi connectivity index (χ2n) is 5.81. The molecule has 0 saturated heterocycles. The van der Waals surface area contributed by atoms with Crippen molar-refractivity contribution in [2.75, 3.05) is 20.0 Å². The summed E-state index contributed by atoms with van der Waals surface area (Å²) in [5.41, 5.74) is 0.823. The van der Waals surface area contributed by atoms with Crippen molar-refractivity contribution in [2.45, 2.75) is 20.1 Å². The molecule has 0 aromatic heterocycles. The molecule has 1 heterocycles. The highest BCUT2D eigenvalue weighted by molar-refractivity contribution is 5.71. The lowest BCUT2D eigenvalue weighted by molar-refractivity contribution is -0.385. The standard InChI is InChI=1S/C19H19NO8/c1-2-25-16-3-5-17(6-4-16)26-11-18(21)27-10-14-8-15(20(22)23)7-13-9-24-12-28-19(13)14/h3-8H,2,9-12H2,1H3. The van der Waals surface area contributed by atoms with Gasteiger partial charge in [-0.1, -0.05) is 0 Å². The minimum Gasteiger partial charge on any atom is -0.494 e. The van der Waals surface area contributed by atoms with E-state index < -0.39 is 10.9 Å². The fourth-order valence-corrected chi connectivity index (χ4v) is 2.63. The number of fused-ring (bicyclic) bond motifs is 1. The van der Waals surface area contributed by atoms with E-state index in [0.717, 1.165) is 0 Å². The van der Waals surface area contributed by atoms with Crippen LogP contribution in [-0.4, -0.2) is 30.9 Å². The van der Waals surface area contributed by atoms with E-state index in [9.17, 15) is 14.9 Å². The first kappa shape index (κ1) is 19.4. The first-order chi connectivity index (χ1) is 13.6. The summed E-state index contributed by atoms with van der Waals surface area (Å²) >= 11 is 0. The summed E-state index contributed by atoms with van der Waals surface area (Å²) in [4.78, 5) is 22.5. The quantitative estimate of drug-likeness (QED) is 0.385. The van der Waals surface area contributed by atoms with Gasteiger partial charge >= 0.3 is 5.97 Å². The Labute approximate surface area is 160 Å². The van der Waals surface area contributed by atoms with Gasteiger partial charge in [0, 0.05) is 23.3 Å². The molecule has 0 aliphatic carbocycles. The molecular formula is C19H19NO8. The largest absolute Gasteiger partial charge is 0.494 e. The molecule has 1 aliphatic heterocycles. The maximum Gasteiger partial charge on any atom is 0.344 e. The maximum absolute atomic E-state index is 12.0. The summed E-state index contributed by atoms with van der Waals surface area (Å²) in [5.74, 6) is 1.03. The average Bonchev–Trinajstić information content (AvgIpc) is 2.71. The fraction of sp³-hybridized carbons (Fsp3) is 0.316. The zero-order valence-electron chi connectivity index (χ0n) is 15.2. The number of nitrogens with zero attached hydrogens (tertiary/aromatic N) is 1. The second-order valence-corrected chi connectivity index (χ2v) is 5.81. The summed E-state index contributed by atoms with van der Waals surface area (Å²) in [6, 6.07) is 9.55. The average molecular weight is 389 g/mol. The van der Waals surface area contributed by atoms with Gasteiger partial charge in [-0.15, -0.1) is 0 Å². The number of non-ortho nitro benzene ring substituents is 1. The van der Waals surface area contributed by atoms with Gasteiger partial charge in [-0.2, -0.15) is 0 Å². The minimum atomic E-state index is -0.610. The van der Waals surface area contributed by atoms with Gasteiger partial charge in [-0.05, 0) is 31.2 Å². The van der Waals surface area contributed by atoms with E-state index in [4.69, 9.17) is 23.7 Å². The van der Waals surface area contributed by atoms with Crippen LogP contribution in [0.4, 0.5) is 5.69 Å². The second kappa shape index (κ2) is 9.05. The van der Waals surface area contributed by atoms with E-state index >= 15 is 0 Å². The number of hydrogen-bond acceptors (Lipinski definition) is 8. The molecule has 0 N–H and O–H groups in total. The molecule has 0 amide bonds. The summed E-state index contributed by atoms with van der Waals surface area (Å²) in [5, 5.41) is 11.1. The highest BCUT2D eigenvalue weighted by atomic mass is 16.7. The monoisotopic (exact) mass is 389 g/mol. The molecular weight excluding hydrogens is 370 g/mol. The number of carbonyl (C=O) groups excluding carboxylic acids is 1. The van der Waals surface area contributed by atoms with Crippen LogP contribution in [0, 0.1) is 10.1 Å². The van der Waals surface area contributed by atoms with Crippen molar-refractivity contribution in [3.05, 3.63) is 57.6 Å². The Hall–Kier alpha value is -3.33. The van der Waals surface area contributed by atoms with Crippen LogP contribution < -0.4 is 14.2 Å². The third-order valence-corrected chi connectivity index (χ3v) is 3.86. The van der Waals surface area contributed by atoms with E-state index in [1.54, 1.807) is 24.3 Å². The summed E-state index contributed by atoms with van der Waals surface area (Å²) in [7, 11) is 0. The predicted molar refractivity (Wildman–Crippen MR) is 96.3 cm³/mol. The van der Waals surface area contributed by atoms with Gasteiger partial charge in [0.15, 0.2) is 13.4 Å². The number of nitro benzene ring substituents is 1. The number of nitro groups is 1. The summed E-state index contributed by atoms with van der Waals surface area (Å²) in [6.07, 6.45) is 0. The van der Waals surface area contributed by atoms with Crippen LogP contribution >= 0.6 is 0 Å². The Kier molecular flexibility index (Phi) is 6.28. The Bertz CT molecular complexity index is 850. The van der Waals surface area contributed by atoms with Crippen molar-refractivity contribution < 1.29 is 33.4 Å². The van der Waals surface area contributed by atoms with Gasteiger partial charge in [-0.3, -0.25) is 10.1 Å². The molecule has 0 bridgehead atoms. The van der Waals surface area contributed by atoms with Crippen LogP contribution in [0.3, 0.4) is 0 Å². The fourth-order valence-electron chi connectivity index (χ4n) is 2.63. The summed E-state index contributed by atoms with van der Waals surface area (Å²) in [6.45, 7) is 2.21. The molecule has 0 spiro atoms. The molecule has 2 aromatic rings. The van der Waals surface area contributed by atoms with Crippen LogP contribution in [-0.2, 0) is 27.5 Å². The lowest BCUT2D eigenvalue weighted by Crippen LogP contribution is -2.17. The minimum absolute atomic E-state index is 0.0343. The van der Waals surface area contributed by atoms with E-state index in [2.05, 4.69) is 0 Å². The van der Waals surface area contributed by atoms with E-state index in [1.165, 1.54) is 12.1 Å². The van der Waals surface area contributed by atoms with Gasteiger partial charge in [0.25, 0.3) is 5.69 Å². The number of carbonyl (C=O) groups is 1. The zero-order valence-corrected chi connectivity index (χ0v) is 15.2. The number of benzene rings is 2. The number of hydrogen-bond donors (Lipinski definition) is 0. The number of ether oxygens (including phenoxy) is 5. The van der Waals surface area contributed by atoms with Crippen LogP contribution in [0.15, 0.2) is 36.4 Å². The van der Waals surface area contributed by atoms with Gasteiger partial charge in [0.1, 0.15) is 23.9 Å². The first-order valence-electron chi connectivity index (χ1n) is 8.59. The van der Waals surface area contributed by atoms with Crippen LogP contribution in [0.25, 0.3) is 0 Å². The van der Waals surface area contributed by atoms with Crippen molar-refractivity contribution in [1.29, 1.82) is 0 Å². The smallest absolute Gasteiger partial charge is 0.344 e. The van der Waals surface area contributed by atoms with E-state index in [1.807, 2.05) is 6.92 Å². The Morgan fingerprint density at radius 2 is 1.89 bits per heavy atom. The molecule has 0 unspecified atom stereocenters. The third-order valence-electron chi connectivity index (χ3n) is 3.86. The lowest BCUT2D eigenvalue weighted by Gasteiger charge is -2.20. The highest BCUT2D eigenvalue weighted by Crippen LogP contribution is 2.33. The van der Waals surface area contributed by atoms with Crippen molar-refractivity contribution in [3.8, 4) is 17.2 Å². The molecule has 9 nitrogen and oxygen atoms in total. The van der Waals surface area contributed by atoms with Gasteiger partial charge < -0.3 is 23.7 Å². The van der Waals surface area contributed by atoms with E-state index in [0.29, 0.717) is 35.0 Å². The molecule has 3 rings (SSSR count). The molecule has 148 valence electrons. The van der Waals surface area contributed by atoms with Crippen LogP contribution in [0.1, 0.15) is 18.1 Å². The molecule has 0 atom stereocenters. The van der Waals surface area contributed by atoms with Crippen LogP contribution in [0.5, 0.6) is 17.2 Å². The number of esters is 1. The van der Waals surface area contributed by atoms with Crippen molar-refractivity contribution >= 4 is 11.7 Å². The normalized spacial score (nSPS) is 12.5. The Morgan fingerprint density at radius 1 is 1.18 bits per heavy atom. The Morgan fingerprint density at radius 3 is 2.57 bits per heavy atom. The molecule has 0 saturated carbocycles. The lowest BCUT2D eigenvalue weighted by atomic mass is 10.1. The maximum atomic E-state index is 12.0. The predicted octanol–water partition coefficient (Wildman–Crippen LogP) is 2.98. The molecule has 0 fully saturated rings. The highest BCUT2D eigenvalue weighted by Gasteiger charge is 2.21. The SMILES string of the molecule is CCOc1ccc(OCC(=O)OCc2cc([N+](=O)[O-])cc3c2OCOC3)cc1. The van der Waals surface area contributed by atoms with Crippen molar-refractivity contribution in [1.82, 2.24) is 0 Å². The van der Waals surface area contributed by atoms with Gasteiger partial charge in [-0.25, -0.2) is 4.79 Å². The van der Waals surface area contributed by atoms with Gasteiger partial charge in [0.2, 0.25) is 0 Å². The van der Waals surface area contributed by atoms with Crippen molar-refractivity contribution in [2.24, 2.45) is 0 Å². The topological polar surface area (TPSA) is 106 Å². The summed E-state index contributed by atoms with van der Waals surface area (Å²) < 4.78 is 26.4. The molecule has 28 heavy (non-hydrogen) atoms.